The normalized spacial score (nSPS) is 12.2. The molecule has 3 aromatic rings. The summed E-state index contributed by atoms with van der Waals surface area (Å²) in [7, 11) is 1.66. The Hall–Kier alpha value is -2.71. The summed E-state index contributed by atoms with van der Waals surface area (Å²) >= 11 is 7.23. The number of aromatic nitrogens is 1. The van der Waals surface area contributed by atoms with Gasteiger partial charge in [0.1, 0.15) is 10.7 Å². The van der Waals surface area contributed by atoms with Crippen molar-refractivity contribution in [3.63, 3.8) is 0 Å². The average Bonchev–Trinajstić information content (AvgIpc) is 3.22. The topological polar surface area (TPSA) is 85.9 Å². The second kappa shape index (κ2) is 6.81. The van der Waals surface area contributed by atoms with Crippen molar-refractivity contribution in [2.75, 3.05) is 7.05 Å². The summed E-state index contributed by atoms with van der Waals surface area (Å²) in [4.78, 5) is 15.3. The summed E-state index contributed by atoms with van der Waals surface area (Å²) < 4.78 is 7.01. The number of halogens is 1. The largest absolute Gasteiger partial charge is 0.463 e. The minimum atomic E-state index is -0.529. The van der Waals surface area contributed by atoms with Crippen LogP contribution in [0.1, 0.15) is 5.56 Å². The third-order valence-corrected chi connectivity index (χ3v) is 4.37. The summed E-state index contributed by atoms with van der Waals surface area (Å²) in [5.74, 6) is 0.653. The van der Waals surface area contributed by atoms with E-state index in [4.69, 9.17) is 16.0 Å². The number of hydrogen-bond donors (Lipinski definition) is 0. The Kier molecular flexibility index (Phi) is 4.59. The van der Waals surface area contributed by atoms with Gasteiger partial charge in [0, 0.05) is 24.1 Å². The number of nitro groups is 1. The SMILES string of the molecule is CN=c1scc(-c2ccco2)n1N=Cc1ccc(Cl)c([N+](=O)[O-])c1. The van der Waals surface area contributed by atoms with Crippen LogP contribution in [0.5, 0.6) is 0 Å². The Morgan fingerprint density at radius 2 is 2.25 bits per heavy atom. The Balaban J connectivity index is 2.03. The van der Waals surface area contributed by atoms with Gasteiger partial charge in [0.05, 0.1) is 17.4 Å². The highest BCUT2D eigenvalue weighted by atomic mass is 35.5. The predicted octanol–water partition coefficient (Wildman–Crippen LogP) is 3.78. The van der Waals surface area contributed by atoms with Gasteiger partial charge in [-0.05, 0) is 18.2 Å². The van der Waals surface area contributed by atoms with Crippen molar-refractivity contribution in [1.82, 2.24) is 4.68 Å². The average molecular weight is 363 g/mol. The van der Waals surface area contributed by atoms with E-state index in [1.807, 2.05) is 11.4 Å². The highest BCUT2D eigenvalue weighted by Crippen LogP contribution is 2.25. The molecule has 0 aliphatic carbocycles. The summed E-state index contributed by atoms with van der Waals surface area (Å²) in [6.45, 7) is 0. The van der Waals surface area contributed by atoms with Gasteiger partial charge in [0.15, 0.2) is 5.76 Å². The molecule has 0 amide bonds. The number of nitro benzene ring substituents is 1. The molecule has 24 heavy (non-hydrogen) atoms. The van der Waals surface area contributed by atoms with Gasteiger partial charge < -0.3 is 4.42 Å². The molecule has 0 saturated carbocycles. The Morgan fingerprint density at radius 1 is 1.42 bits per heavy atom. The lowest BCUT2D eigenvalue weighted by molar-refractivity contribution is -0.384. The number of benzene rings is 1. The quantitative estimate of drug-likeness (QED) is 0.402. The van der Waals surface area contributed by atoms with Gasteiger partial charge in [-0.15, -0.1) is 11.3 Å². The van der Waals surface area contributed by atoms with Crippen molar-refractivity contribution >= 4 is 34.8 Å². The third kappa shape index (κ3) is 3.15. The zero-order valence-corrected chi connectivity index (χ0v) is 14.0. The zero-order chi connectivity index (χ0) is 17.1. The first-order valence-electron chi connectivity index (χ1n) is 6.75. The van der Waals surface area contributed by atoms with E-state index in [9.17, 15) is 10.1 Å². The highest BCUT2D eigenvalue weighted by molar-refractivity contribution is 7.07. The smallest absolute Gasteiger partial charge is 0.288 e. The maximum Gasteiger partial charge on any atom is 0.288 e. The fraction of sp³-hybridized carbons (Fsp3) is 0.0667. The molecule has 0 radical (unpaired) electrons. The van der Waals surface area contributed by atoms with Gasteiger partial charge in [-0.3, -0.25) is 15.1 Å². The van der Waals surface area contributed by atoms with Crippen LogP contribution in [0.25, 0.3) is 11.5 Å². The second-order valence-electron chi connectivity index (χ2n) is 4.63. The Labute approximate surface area is 145 Å². The Bertz CT molecular complexity index is 973. The van der Waals surface area contributed by atoms with Crippen molar-refractivity contribution in [3.8, 4) is 11.5 Å². The fourth-order valence-corrected chi connectivity index (χ4v) is 3.00. The molecule has 0 saturated heterocycles. The van der Waals surface area contributed by atoms with Crippen LogP contribution in [0.2, 0.25) is 5.02 Å². The molecule has 0 N–H and O–H groups in total. The lowest BCUT2D eigenvalue weighted by atomic mass is 10.2. The van der Waals surface area contributed by atoms with Crippen LogP contribution in [0.3, 0.4) is 0 Å². The summed E-state index contributed by atoms with van der Waals surface area (Å²) in [6, 6.07) is 8.10. The number of rotatable bonds is 4. The zero-order valence-electron chi connectivity index (χ0n) is 12.4. The van der Waals surface area contributed by atoms with Crippen molar-refractivity contribution in [2.24, 2.45) is 10.1 Å². The van der Waals surface area contributed by atoms with Gasteiger partial charge >= 0.3 is 0 Å². The van der Waals surface area contributed by atoms with E-state index in [0.29, 0.717) is 16.1 Å². The lowest BCUT2D eigenvalue weighted by Crippen LogP contribution is -2.11. The molecule has 0 spiro atoms. The first-order chi connectivity index (χ1) is 11.6. The van der Waals surface area contributed by atoms with E-state index < -0.39 is 4.92 Å². The van der Waals surface area contributed by atoms with Crippen LogP contribution in [0.15, 0.2) is 56.5 Å². The molecule has 0 fully saturated rings. The van der Waals surface area contributed by atoms with Crippen LogP contribution in [-0.2, 0) is 0 Å². The fourth-order valence-electron chi connectivity index (χ4n) is 2.03. The molecule has 0 unspecified atom stereocenters. The van der Waals surface area contributed by atoms with E-state index in [1.165, 1.54) is 29.7 Å². The van der Waals surface area contributed by atoms with Gasteiger partial charge in [0.25, 0.3) is 5.69 Å². The maximum absolute atomic E-state index is 11.0. The molecule has 7 nitrogen and oxygen atoms in total. The number of thiazole rings is 1. The molecule has 3 rings (SSSR count). The summed E-state index contributed by atoms with van der Waals surface area (Å²) in [5, 5.41) is 17.3. The van der Waals surface area contributed by atoms with Crippen LogP contribution < -0.4 is 4.80 Å². The predicted molar refractivity (Wildman–Crippen MR) is 92.6 cm³/mol. The molecule has 2 heterocycles. The van der Waals surface area contributed by atoms with Crippen LogP contribution in [0, 0.1) is 10.1 Å². The molecule has 0 aliphatic heterocycles. The van der Waals surface area contributed by atoms with Crippen LogP contribution >= 0.6 is 22.9 Å². The van der Waals surface area contributed by atoms with E-state index in [0.717, 1.165) is 5.69 Å². The molecule has 9 heteroatoms. The van der Waals surface area contributed by atoms with E-state index in [-0.39, 0.29) is 10.7 Å². The van der Waals surface area contributed by atoms with Gasteiger partial charge in [-0.25, -0.2) is 4.68 Å². The monoisotopic (exact) mass is 362 g/mol. The second-order valence-corrected chi connectivity index (χ2v) is 5.87. The third-order valence-electron chi connectivity index (χ3n) is 3.14. The minimum Gasteiger partial charge on any atom is -0.463 e. The van der Waals surface area contributed by atoms with E-state index in [1.54, 1.807) is 30.1 Å². The molecule has 2 aromatic heterocycles. The molecule has 1 aromatic carbocycles. The van der Waals surface area contributed by atoms with Crippen molar-refractivity contribution in [3.05, 3.63) is 67.5 Å². The summed E-state index contributed by atoms with van der Waals surface area (Å²) in [6.07, 6.45) is 3.09. The lowest BCUT2D eigenvalue weighted by Gasteiger charge is -2.00. The van der Waals surface area contributed by atoms with E-state index in [2.05, 4.69) is 10.1 Å². The molecule has 0 aliphatic rings. The number of furan rings is 1. The van der Waals surface area contributed by atoms with Gasteiger partial charge in [-0.2, -0.15) is 5.10 Å². The van der Waals surface area contributed by atoms with Crippen LogP contribution in [0.4, 0.5) is 5.69 Å². The summed E-state index contributed by atoms with van der Waals surface area (Å²) in [5.41, 5.74) is 1.13. The first kappa shape index (κ1) is 16.2. The minimum absolute atomic E-state index is 0.0841. The van der Waals surface area contributed by atoms with E-state index >= 15 is 0 Å². The molecule has 0 bridgehead atoms. The van der Waals surface area contributed by atoms with Gasteiger partial charge in [-0.1, -0.05) is 17.7 Å². The van der Waals surface area contributed by atoms with Crippen LogP contribution in [-0.4, -0.2) is 22.9 Å². The molecule has 122 valence electrons. The molecular weight excluding hydrogens is 352 g/mol. The standard InChI is InChI=1S/C15H11ClN4O3S/c1-17-15-19(13(9-24-15)14-3-2-6-23-14)18-8-10-4-5-11(16)12(7-10)20(21)22/h2-9H,1H3. The van der Waals surface area contributed by atoms with Gasteiger partial charge in [0.2, 0.25) is 4.80 Å². The Morgan fingerprint density at radius 3 is 2.92 bits per heavy atom. The highest BCUT2D eigenvalue weighted by Gasteiger charge is 2.13. The number of hydrogen-bond acceptors (Lipinski definition) is 6. The molecular formula is C15H11ClN4O3S. The van der Waals surface area contributed by atoms with Crippen molar-refractivity contribution < 1.29 is 9.34 Å². The number of nitrogens with zero attached hydrogens (tertiary/aromatic N) is 4. The first-order valence-corrected chi connectivity index (χ1v) is 8.01. The molecule has 0 atom stereocenters. The van der Waals surface area contributed by atoms with Crippen molar-refractivity contribution in [1.29, 1.82) is 0 Å². The maximum atomic E-state index is 11.0. The van der Waals surface area contributed by atoms with Crippen molar-refractivity contribution in [2.45, 2.75) is 0 Å².